The molecule has 25 heavy (non-hydrogen) atoms. The third-order valence-corrected chi connectivity index (χ3v) is 4.98. The summed E-state index contributed by atoms with van der Waals surface area (Å²) < 4.78 is 1.15. The van der Waals surface area contributed by atoms with Crippen LogP contribution < -0.4 is 11.1 Å². The number of nitrogens with two attached hydrogens (primary N) is 1. The summed E-state index contributed by atoms with van der Waals surface area (Å²) in [5.74, 6) is 0.721. The highest BCUT2D eigenvalue weighted by molar-refractivity contribution is 7.22. The van der Waals surface area contributed by atoms with Gasteiger partial charge in [-0.05, 0) is 49.1 Å². The minimum atomic E-state index is 0.278. The molecule has 4 nitrogen and oxygen atoms in total. The van der Waals surface area contributed by atoms with Crippen molar-refractivity contribution in [1.82, 2.24) is 9.97 Å². The van der Waals surface area contributed by atoms with Crippen LogP contribution in [-0.4, -0.2) is 16.0 Å². The average molecular weight is 377 g/mol. The molecule has 0 radical (unpaired) electrons. The zero-order chi connectivity index (χ0) is 18.6. The molecule has 0 spiro atoms. The quantitative estimate of drug-likeness (QED) is 0.556. The van der Waals surface area contributed by atoms with Crippen molar-refractivity contribution < 1.29 is 0 Å². The second kappa shape index (κ2) is 8.13. The zero-order valence-corrected chi connectivity index (χ0v) is 16.9. The Morgan fingerprint density at radius 3 is 2.36 bits per heavy atom. The summed E-state index contributed by atoms with van der Waals surface area (Å²) in [5, 5.41) is 4.50. The second-order valence-electron chi connectivity index (χ2n) is 7.12. The highest BCUT2D eigenvalue weighted by atomic mass is 35.5. The van der Waals surface area contributed by atoms with Crippen LogP contribution in [0.15, 0.2) is 36.4 Å². The Kier molecular flexibility index (Phi) is 6.38. The van der Waals surface area contributed by atoms with Gasteiger partial charge in [-0.3, -0.25) is 0 Å². The van der Waals surface area contributed by atoms with Gasteiger partial charge in [0.05, 0.1) is 10.2 Å². The summed E-state index contributed by atoms with van der Waals surface area (Å²) in [6.07, 6.45) is 0. The molecule has 1 atom stereocenters. The Labute approximate surface area is 158 Å². The fraction of sp³-hybridized carbons (Fsp3) is 0.368. The van der Waals surface area contributed by atoms with Gasteiger partial charge in [0, 0.05) is 6.04 Å². The number of aryl methyl sites for hydroxylation is 1. The number of benzene rings is 1. The van der Waals surface area contributed by atoms with E-state index >= 15 is 0 Å². The van der Waals surface area contributed by atoms with Crippen molar-refractivity contribution in [2.24, 2.45) is 11.1 Å². The third kappa shape index (κ3) is 5.96. The van der Waals surface area contributed by atoms with Crippen molar-refractivity contribution in [1.29, 1.82) is 0 Å². The molecule has 0 aliphatic heterocycles. The van der Waals surface area contributed by atoms with E-state index in [2.05, 4.69) is 42.1 Å². The predicted molar refractivity (Wildman–Crippen MR) is 110 cm³/mol. The fourth-order valence-corrected chi connectivity index (χ4v) is 2.86. The van der Waals surface area contributed by atoms with Gasteiger partial charge in [0.1, 0.15) is 11.0 Å². The van der Waals surface area contributed by atoms with E-state index in [1.54, 1.807) is 11.3 Å². The molecule has 6 heteroatoms. The molecule has 2 heterocycles. The molecule has 0 aliphatic carbocycles. The number of nitrogens with zero attached hydrogens (tertiary/aromatic N) is 2. The molecule has 0 saturated carbocycles. The molecular weight excluding hydrogens is 352 g/mol. The molecule has 134 valence electrons. The topological polar surface area (TPSA) is 63.8 Å². The smallest absolute Gasteiger partial charge is 0.189 e. The number of pyridine rings is 1. The molecule has 0 fully saturated rings. The Hall–Kier alpha value is -1.69. The highest BCUT2D eigenvalue weighted by Gasteiger charge is 2.14. The van der Waals surface area contributed by atoms with E-state index in [4.69, 9.17) is 17.3 Å². The zero-order valence-electron chi connectivity index (χ0n) is 15.3. The van der Waals surface area contributed by atoms with Crippen molar-refractivity contribution in [2.45, 2.75) is 40.7 Å². The summed E-state index contributed by atoms with van der Waals surface area (Å²) in [5.41, 5.74) is 7.90. The molecular formula is C19H25ClN4S. The molecule has 0 amide bonds. The normalized spacial score (nSPS) is 12.4. The van der Waals surface area contributed by atoms with E-state index in [1.807, 2.05) is 44.2 Å². The monoisotopic (exact) mass is 376 g/mol. The second-order valence-corrected chi connectivity index (χ2v) is 8.54. The van der Waals surface area contributed by atoms with Crippen LogP contribution in [0.2, 0.25) is 5.15 Å². The van der Waals surface area contributed by atoms with Gasteiger partial charge in [0.2, 0.25) is 0 Å². The molecule has 1 aromatic carbocycles. The van der Waals surface area contributed by atoms with E-state index in [-0.39, 0.29) is 5.41 Å². The molecule has 3 N–H and O–H groups in total. The highest BCUT2D eigenvalue weighted by Crippen LogP contribution is 2.28. The van der Waals surface area contributed by atoms with Gasteiger partial charge in [-0.15, -0.1) is 0 Å². The van der Waals surface area contributed by atoms with Gasteiger partial charge in [-0.2, -0.15) is 0 Å². The molecule has 3 aromatic rings. The Morgan fingerprint density at radius 2 is 1.80 bits per heavy atom. The van der Waals surface area contributed by atoms with Crippen molar-refractivity contribution in [2.75, 3.05) is 5.32 Å². The van der Waals surface area contributed by atoms with E-state index in [0.717, 1.165) is 26.7 Å². The minimum Gasteiger partial charge on any atom is -0.327 e. The van der Waals surface area contributed by atoms with Crippen LogP contribution in [0.3, 0.4) is 0 Å². The number of thiazole rings is 1. The number of anilines is 2. The number of hydrogen-bond donors (Lipinski definition) is 2. The molecule has 0 unspecified atom stereocenters. The van der Waals surface area contributed by atoms with Gasteiger partial charge in [0.15, 0.2) is 5.13 Å². The number of halogens is 1. The SMILES string of the molecule is C[C@H](N)C(C)(C)C.Cc1cc(Cl)nc(Nc2nc3ccccc3s2)c1. The number of rotatable bonds is 2. The Bertz CT molecular complexity index is 784. The first kappa shape index (κ1) is 19.6. The number of para-hydroxylation sites is 1. The lowest BCUT2D eigenvalue weighted by Gasteiger charge is -2.22. The maximum absolute atomic E-state index is 5.93. The Balaban J connectivity index is 0.000000277. The van der Waals surface area contributed by atoms with E-state index in [1.165, 1.54) is 0 Å². The van der Waals surface area contributed by atoms with Gasteiger partial charge >= 0.3 is 0 Å². The first-order valence-corrected chi connectivity index (χ1v) is 9.37. The number of hydrogen-bond acceptors (Lipinski definition) is 5. The summed E-state index contributed by atoms with van der Waals surface area (Å²) >= 11 is 7.53. The van der Waals surface area contributed by atoms with Crippen LogP contribution in [0.1, 0.15) is 33.3 Å². The molecule has 2 aromatic heterocycles. The van der Waals surface area contributed by atoms with Crippen LogP contribution in [-0.2, 0) is 0 Å². The standard InChI is InChI=1S/C13H10ClN3S.C6H15N/c1-8-6-11(14)16-12(7-8)17-13-15-9-4-2-3-5-10(9)18-13;1-5(7)6(2,3)4/h2-7H,1H3,(H,15,16,17);5H,7H2,1-4H3/t;5-/m.0/s1. The summed E-state index contributed by atoms with van der Waals surface area (Å²) in [7, 11) is 0. The van der Waals surface area contributed by atoms with Gasteiger partial charge in [0.25, 0.3) is 0 Å². The van der Waals surface area contributed by atoms with Crippen LogP contribution in [0, 0.1) is 12.3 Å². The van der Waals surface area contributed by atoms with Gasteiger partial charge in [-0.25, -0.2) is 9.97 Å². The van der Waals surface area contributed by atoms with Crippen LogP contribution in [0.4, 0.5) is 10.9 Å². The summed E-state index contributed by atoms with van der Waals surface area (Å²) in [6.45, 7) is 10.4. The maximum Gasteiger partial charge on any atom is 0.189 e. The lowest BCUT2D eigenvalue weighted by atomic mass is 9.89. The number of nitrogens with one attached hydrogen (secondary N) is 1. The lowest BCUT2D eigenvalue weighted by molar-refractivity contribution is 0.340. The summed E-state index contributed by atoms with van der Waals surface area (Å²) in [6, 6.07) is 12.1. The number of fused-ring (bicyclic) bond motifs is 1. The number of aromatic nitrogens is 2. The first-order chi connectivity index (χ1) is 11.6. The van der Waals surface area contributed by atoms with Crippen LogP contribution in [0.5, 0.6) is 0 Å². The Morgan fingerprint density at radius 1 is 1.16 bits per heavy atom. The summed E-state index contributed by atoms with van der Waals surface area (Å²) in [4.78, 5) is 8.71. The van der Waals surface area contributed by atoms with Crippen molar-refractivity contribution in [3.05, 3.63) is 47.1 Å². The van der Waals surface area contributed by atoms with Gasteiger partial charge < -0.3 is 11.1 Å². The van der Waals surface area contributed by atoms with E-state index < -0.39 is 0 Å². The fourth-order valence-electron chi connectivity index (χ4n) is 1.72. The minimum absolute atomic E-state index is 0.278. The van der Waals surface area contributed by atoms with Gasteiger partial charge in [-0.1, -0.05) is 55.8 Å². The lowest BCUT2D eigenvalue weighted by Crippen LogP contribution is -2.31. The van der Waals surface area contributed by atoms with Crippen molar-refractivity contribution >= 4 is 44.1 Å². The van der Waals surface area contributed by atoms with Crippen LogP contribution in [0.25, 0.3) is 10.2 Å². The van der Waals surface area contributed by atoms with Crippen molar-refractivity contribution in [3.8, 4) is 0 Å². The largest absolute Gasteiger partial charge is 0.327 e. The van der Waals surface area contributed by atoms with E-state index in [9.17, 15) is 0 Å². The predicted octanol–water partition coefficient (Wildman–Crippen LogP) is 5.78. The van der Waals surface area contributed by atoms with E-state index in [0.29, 0.717) is 11.2 Å². The maximum atomic E-state index is 5.93. The van der Waals surface area contributed by atoms with Crippen molar-refractivity contribution in [3.63, 3.8) is 0 Å². The molecule has 0 aliphatic rings. The molecule has 3 rings (SSSR count). The molecule has 0 bridgehead atoms. The average Bonchev–Trinajstić information content (AvgIpc) is 2.87. The first-order valence-electron chi connectivity index (χ1n) is 8.17. The molecule has 0 saturated heterocycles. The van der Waals surface area contributed by atoms with Crippen LogP contribution >= 0.6 is 22.9 Å². The third-order valence-electron chi connectivity index (χ3n) is 3.83.